The first-order chi connectivity index (χ1) is 20.7. The number of para-hydroxylation sites is 2. The molecule has 0 saturated carbocycles. The van der Waals surface area contributed by atoms with E-state index in [-0.39, 0.29) is 0 Å². The monoisotopic (exact) mass is 544 g/mol. The molecule has 42 heavy (non-hydrogen) atoms. The molecule has 6 aromatic carbocycles. The number of unbranched alkanes of at least 4 members (excludes halogenated alkanes) is 1. The molecule has 0 amide bonds. The molecule has 0 bridgehead atoms. The molecule has 206 valence electrons. The van der Waals surface area contributed by atoms with Crippen LogP contribution in [0.5, 0.6) is 0 Å². The summed E-state index contributed by atoms with van der Waals surface area (Å²) >= 11 is 0. The van der Waals surface area contributed by atoms with Crippen molar-refractivity contribution in [2.24, 2.45) is 0 Å². The Morgan fingerprint density at radius 2 is 0.857 bits per heavy atom. The van der Waals surface area contributed by atoms with Gasteiger partial charge in [-0.3, -0.25) is 0 Å². The second kappa shape index (κ2) is 13.1. The van der Waals surface area contributed by atoms with E-state index in [0.29, 0.717) is 0 Å². The Morgan fingerprint density at radius 3 is 1.45 bits per heavy atom. The summed E-state index contributed by atoms with van der Waals surface area (Å²) in [5.41, 5.74) is 13.0. The maximum absolute atomic E-state index is 3.58. The predicted octanol–water partition coefficient (Wildman–Crippen LogP) is 11.5. The summed E-state index contributed by atoms with van der Waals surface area (Å²) in [6, 6.07) is 54.0. The minimum absolute atomic E-state index is 1.08. The Hall–Kier alpha value is -5.08. The van der Waals surface area contributed by atoms with Gasteiger partial charge in [0.05, 0.1) is 0 Å². The van der Waals surface area contributed by atoms with Crippen molar-refractivity contribution in [2.45, 2.75) is 26.2 Å². The van der Waals surface area contributed by atoms with Crippen molar-refractivity contribution >= 4 is 22.7 Å². The van der Waals surface area contributed by atoms with Crippen molar-refractivity contribution < 1.29 is 0 Å². The lowest BCUT2D eigenvalue weighted by atomic mass is 9.92. The summed E-state index contributed by atoms with van der Waals surface area (Å²) in [7, 11) is 0. The second-order valence-corrected chi connectivity index (χ2v) is 10.7. The van der Waals surface area contributed by atoms with Crippen LogP contribution in [0.25, 0.3) is 33.4 Å². The van der Waals surface area contributed by atoms with Gasteiger partial charge in [-0.05, 0) is 100 Å². The topological polar surface area (TPSA) is 24.1 Å². The maximum Gasteiger partial charge on any atom is 0.0390 e. The lowest BCUT2D eigenvalue weighted by Gasteiger charge is -2.15. The molecular formula is C40H36N2. The Bertz CT molecular complexity index is 1700. The van der Waals surface area contributed by atoms with E-state index in [1.807, 2.05) is 24.3 Å². The molecule has 2 heteroatoms. The predicted molar refractivity (Wildman–Crippen MR) is 181 cm³/mol. The molecule has 0 aromatic heterocycles. The maximum atomic E-state index is 3.58. The Kier molecular flexibility index (Phi) is 8.43. The average Bonchev–Trinajstić information content (AvgIpc) is 3.05. The molecule has 0 fully saturated rings. The minimum atomic E-state index is 1.08. The molecule has 2 N–H and O–H groups in total. The fourth-order valence-corrected chi connectivity index (χ4v) is 5.31. The fraction of sp³-hybridized carbons (Fsp3) is 0.100. The van der Waals surface area contributed by atoms with E-state index in [1.165, 1.54) is 51.8 Å². The molecule has 0 aliphatic carbocycles. The van der Waals surface area contributed by atoms with Gasteiger partial charge in [-0.2, -0.15) is 0 Å². The van der Waals surface area contributed by atoms with E-state index in [4.69, 9.17) is 0 Å². The minimum Gasteiger partial charge on any atom is -0.356 e. The van der Waals surface area contributed by atoms with Crippen molar-refractivity contribution in [1.29, 1.82) is 0 Å². The summed E-state index contributed by atoms with van der Waals surface area (Å²) in [6.07, 6.45) is 3.56. The van der Waals surface area contributed by atoms with Crippen LogP contribution >= 0.6 is 0 Å². The zero-order valence-corrected chi connectivity index (χ0v) is 24.1. The van der Waals surface area contributed by atoms with Crippen LogP contribution in [0.2, 0.25) is 0 Å². The average molecular weight is 545 g/mol. The Labute approximate surface area is 249 Å². The van der Waals surface area contributed by atoms with Gasteiger partial charge >= 0.3 is 0 Å². The highest BCUT2D eigenvalue weighted by Gasteiger charge is 2.11. The van der Waals surface area contributed by atoms with Gasteiger partial charge in [0.15, 0.2) is 0 Å². The summed E-state index contributed by atoms with van der Waals surface area (Å²) in [5.74, 6) is 0. The van der Waals surface area contributed by atoms with Crippen molar-refractivity contribution in [3.05, 3.63) is 157 Å². The SMILES string of the molecule is CCCCc1ccc(-c2cc(Nc3ccccc3)ccc2-c2ccc(-c3ccc(Nc4ccccc4)cc3)cc2)cc1. The third-order valence-electron chi connectivity index (χ3n) is 7.64. The van der Waals surface area contributed by atoms with Crippen molar-refractivity contribution in [3.8, 4) is 33.4 Å². The van der Waals surface area contributed by atoms with Gasteiger partial charge in [-0.25, -0.2) is 0 Å². The highest BCUT2D eigenvalue weighted by Crippen LogP contribution is 2.36. The quantitative estimate of drug-likeness (QED) is 0.179. The van der Waals surface area contributed by atoms with E-state index in [9.17, 15) is 0 Å². The lowest BCUT2D eigenvalue weighted by Crippen LogP contribution is -1.93. The van der Waals surface area contributed by atoms with Crippen molar-refractivity contribution in [2.75, 3.05) is 10.6 Å². The number of hydrogen-bond donors (Lipinski definition) is 2. The Morgan fingerprint density at radius 1 is 0.405 bits per heavy atom. The summed E-state index contributed by atoms with van der Waals surface area (Å²) in [4.78, 5) is 0. The first-order valence-corrected chi connectivity index (χ1v) is 14.8. The van der Waals surface area contributed by atoms with Gasteiger partial charge < -0.3 is 10.6 Å². The summed E-state index contributed by atoms with van der Waals surface area (Å²) in [5, 5.41) is 7.04. The zero-order chi connectivity index (χ0) is 28.6. The van der Waals surface area contributed by atoms with Crippen molar-refractivity contribution in [3.63, 3.8) is 0 Å². The Balaban J connectivity index is 1.28. The van der Waals surface area contributed by atoms with E-state index in [1.54, 1.807) is 0 Å². The van der Waals surface area contributed by atoms with E-state index >= 15 is 0 Å². The number of aryl methyl sites for hydroxylation is 1. The molecule has 0 aliphatic heterocycles. The molecule has 2 nitrogen and oxygen atoms in total. The number of benzene rings is 6. The van der Waals surface area contributed by atoms with Gasteiger partial charge in [-0.15, -0.1) is 0 Å². The number of anilines is 4. The molecule has 0 atom stereocenters. The van der Waals surface area contributed by atoms with Crippen LogP contribution in [0.3, 0.4) is 0 Å². The smallest absolute Gasteiger partial charge is 0.0390 e. The van der Waals surface area contributed by atoms with E-state index in [0.717, 1.165) is 29.2 Å². The van der Waals surface area contributed by atoms with Crippen LogP contribution in [0, 0.1) is 0 Å². The summed E-state index contributed by atoms with van der Waals surface area (Å²) < 4.78 is 0. The van der Waals surface area contributed by atoms with Crippen LogP contribution in [-0.2, 0) is 6.42 Å². The van der Waals surface area contributed by atoms with E-state index < -0.39 is 0 Å². The summed E-state index contributed by atoms with van der Waals surface area (Å²) in [6.45, 7) is 2.25. The second-order valence-electron chi connectivity index (χ2n) is 10.7. The van der Waals surface area contributed by atoms with E-state index in [2.05, 4.69) is 145 Å². The highest BCUT2D eigenvalue weighted by molar-refractivity contribution is 5.87. The van der Waals surface area contributed by atoms with Crippen LogP contribution in [0.4, 0.5) is 22.7 Å². The lowest BCUT2D eigenvalue weighted by molar-refractivity contribution is 0.795. The molecule has 6 aromatic rings. The number of rotatable bonds is 10. The number of hydrogen-bond acceptors (Lipinski definition) is 2. The molecule has 6 rings (SSSR count). The van der Waals surface area contributed by atoms with Gasteiger partial charge in [0.25, 0.3) is 0 Å². The molecule has 0 heterocycles. The van der Waals surface area contributed by atoms with Gasteiger partial charge in [0.1, 0.15) is 0 Å². The van der Waals surface area contributed by atoms with Crippen molar-refractivity contribution in [1.82, 2.24) is 0 Å². The van der Waals surface area contributed by atoms with Crippen LogP contribution in [0.1, 0.15) is 25.3 Å². The largest absolute Gasteiger partial charge is 0.356 e. The molecular weight excluding hydrogens is 508 g/mol. The molecule has 0 saturated heterocycles. The molecule has 0 aliphatic rings. The standard InChI is InChI=1S/C40H36N2/c1-2-3-10-30-15-17-34(18-16-30)40-29-38(42-36-13-8-5-9-14-36)27-28-39(40)33-21-19-31(20-22-33)32-23-25-37(26-24-32)41-35-11-6-4-7-12-35/h4-9,11-29,41-42H,2-3,10H2,1H3. The van der Waals surface area contributed by atoms with Crippen LogP contribution < -0.4 is 10.6 Å². The first kappa shape index (κ1) is 27.1. The first-order valence-electron chi connectivity index (χ1n) is 14.8. The van der Waals surface area contributed by atoms with Gasteiger partial charge in [0, 0.05) is 22.7 Å². The third-order valence-corrected chi connectivity index (χ3v) is 7.64. The molecule has 0 unspecified atom stereocenters. The normalized spacial score (nSPS) is 10.8. The third kappa shape index (κ3) is 6.62. The van der Waals surface area contributed by atoms with Gasteiger partial charge in [-0.1, -0.05) is 116 Å². The fourth-order valence-electron chi connectivity index (χ4n) is 5.31. The molecule has 0 radical (unpaired) electrons. The van der Waals surface area contributed by atoms with Gasteiger partial charge in [0.2, 0.25) is 0 Å². The highest BCUT2D eigenvalue weighted by atomic mass is 14.9. The van der Waals surface area contributed by atoms with Crippen LogP contribution in [-0.4, -0.2) is 0 Å². The number of nitrogens with one attached hydrogen (secondary N) is 2. The molecule has 0 spiro atoms. The van der Waals surface area contributed by atoms with Crippen LogP contribution in [0.15, 0.2) is 152 Å². The zero-order valence-electron chi connectivity index (χ0n) is 24.1.